The highest BCUT2D eigenvalue weighted by atomic mass is 19.4. The molecule has 0 saturated heterocycles. The molecule has 0 radical (unpaired) electrons. The first kappa shape index (κ1) is 22.4. The Bertz CT molecular complexity index is 506. The molecule has 0 saturated carbocycles. The molecule has 0 rings (SSSR count). The first-order valence-electron chi connectivity index (χ1n) is 5.34. The van der Waals surface area contributed by atoms with Crippen LogP contribution in [0.25, 0.3) is 0 Å². The van der Waals surface area contributed by atoms with Crippen LogP contribution in [0.3, 0.4) is 0 Å². The summed E-state index contributed by atoms with van der Waals surface area (Å²) in [5.74, 6) is -24.7. The second-order valence-electron chi connectivity index (χ2n) is 4.36. The lowest BCUT2D eigenvalue weighted by Crippen LogP contribution is -2.67. The Kier molecular flexibility index (Phi) is 5.61. The number of ether oxygens (including phenoxy) is 1. The van der Waals surface area contributed by atoms with Crippen molar-refractivity contribution < 1.29 is 62.2 Å². The Morgan fingerprint density at radius 3 is 1.54 bits per heavy atom. The van der Waals surface area contributed by atoms with Gasteiger partial charge in [0, 0.05) is 5.57 Å². The predicted octanol–water partition coefficient (Wildman–Crippen LogP) is 4.50. The van der Waals surface area contributed by atoms with E-state index in [1.54, 1.807) is 0 Å². The van der Waals surface area contributed by atoms with Gasteiger partial charge < -0.3 is 4.74 Å². The molecule has 1 atom stereocenters. The van der Waals surface area contributed by atoms with Crippen LogP contribution in [0.5, 0.6) is 0 Å². The van der Waals surface area contributed by atoms with Crippen molar-refractivity contribution in [1.29, 1.82) is 0 Å². The van der Waals surface area contributed by atoms with Gasteiger partial charge in [0.15, 0.2) is 0 Å². The van der Waals surface area contributed by atoms with Gasteiger partial charge in [-0.3, -0.25) is 0 Å². The summed E-state index contributed by atoms with van der Waals surface area (Å²) in [7, 11) is 0. The van der Waals surface area contributed by atoms with Crippen molar-refractivity contribution in [2.75, 3.05) is 0 Å². The summed E-state index contributed by atoms with van der Waals surface area (Å²) in [6.07, 6.45) is -19.4. The largest absolute Gasteiger partial charge is 0.473 e. The fraction of sp³-hybridized carbons (Fsp3) is 0.700. The Morgan fingerprint density at radius 2 is 1.25 bits per heavy atom. The number of hydrogen-bond acceptors (Lipinski definition) is 2. The maximum Gasteiger partial charge on any atom is 0.473 e. The normalized spacial score (nSPS) is 15.9. The standard InChI is InChI=1S/C10H6F12O2/c1-3(2)4(23)24-10(21,22)9(19,20)8(17,18)6(12,13)5(11)7(14,15)16/h5H,1H2,2H3. The molecule has 0 N–H and O–H groups in total. The van der Waals surface area contributed by atoms with E-state index in [0.29, 0.717) is 6.92 Å². The number of hydrogen-bond donors (Lipinski definition) is 0. The first-order valence-corrected chi connectivity index (χ1v) is 5.34. The number of alkyl halides is 12. The number of rotatable bonds is 6. The average molecular weight is 386 g/mol. The third kappa shape index (κ3) is 3.55. The fourth-order valence-corrected chi connectivity index (χ4v) is 1.02. The average Bonchev–Trinajstić information content (AvgIpc) is 2.35. The zero-order valence-corrected chi connectivity index (χ0v) is 11.1. The van der Waals surface area contributed by atoms with Crippen LogP contribution in [0.15, 0.2) is 12.2 Å². The van der Waals surface area contributed by atoms with E-state index in [1.165, 1.54) is 0 Å². The van der Waals surface area contributed by atoms with Crippen LogP contribution in [0.2, 0.25) is 0 Å². The van der Waals surface area contributed by atoms with Gasteiger partial charge in [-0.2, -0.15) is 48.3 Å². The topological polar surface area (TPSA) is 26.3 Å². The molecular formula is C10H6F12O2. The lowest BCUT2D eigenvalue weighted by molar-refractivity contribution is -0.430. The molecular weight excluding hydrogens is 380 g/mol. The quantitative estimate of drug-likeness (QED) is 0.382. The minimum Gasteiger partial charge on any atom is -0.393 e. The molecule has 0 aliphatic rings. The minimum absolute atomic E-state index is 0.574. The molecule has 2 nitrogen and oxygen atoms in total. The molecule has 0 amide bonds. The first-order chi connectivity index (χ1) is 10.2. The molecule has 142 valence electrons. The molecule has 14 heteroatoms. The Balaban J connectivity index is 5.97. The maximum atomic E-state index is 13.0. The van der Waals surface area contributed by atoms with E-state index in [1.807, 2.05) is 0 Å². The van der Waals surface area contributed by atoms with E-state index in [9.17, 15) is 57.5 Å². The van der Waals surface area contributed by atoms with Crippen molar-refractivity contribution in [2.45, 2.75) is 43.1 Å². The highest BCUT2D eigenvalue weighted by Crippen LogP contribution is 2.56. The summed E-state index contributed by atoms with van der Waals surface area (Å²) in [4.78, 5) is 10.7. The summed E-state index contributed by atoms with van der Waals surface area (Å²) < 4.78 is 154. The minimum atomic E-state index is -7.59. The fourth-order valence-electron chi connectivity index (χ4n) is 1.02. The van der Waals surface area contributed by atoms with Crippen LogP contribution >= 0.6 is 0 Å². The van der Waals surface area contributed by atoms with Crippen LogP contribution in [0, 0.1) is 0 Å². The van der Waals surface area contributed by atoms with Crippen molar-refractivity contribution in [3.8, 4) is 0 Å². The molecule has 0 aliphatic heterocycles. The van der Waals surface area contributed by atoms with Crippen LogP contribution in [-0.4, -0.2) is 42.2 Å². The molecule has 0 bridgehead atoms. The molecule has 0 heterocycles. The Morgan fingerprint density at radius 1 is 0.875 bits per heavy atom. The van der Waals surface area contributed by atoms with Gasteiger partial charge in [0.2, 0.25) is 0 Å². The van der Waals surface area contributed by atoms with Crippen molar-refractivity contribution in [2.24, 2.45) is 0 Å². The van der Waals surface area contributed by atoms with E-state index in [0.717, 1.165) is 0 Å². The van der Waals surface area contributed by atoms with Crippen LogP contribution in [0.4, 0.5) is 52.7 Å². The third-order valence-electron chi connectivity index (χ3n) is 2.35. The summed E-state index contributed by atoms with van der Waals surface area (Å²) in [5, 5.41) is 0. The second-order valence-corrected chi connectivity index (χ2v) is 4.36. The van der Waals surface area contributed by atoms with Crippen molar-refractivity contribution in [3.63, 3.8) is 0 Å². The van der Waals surface area contributed by atoms with Gasteiger partial charge in [-0.25, -0.2) is 9.18 Å². The molecule has 0 aliphatic carbocycles. The third-order valence-corrected chi connectivity index (χ3v) is 2.35. The van der Waals surface area contributed by atoms with Gasteiger partial charge in [-0.15, -0.1) is 0 Å². The number of carbonyl (C=O) groups is 1. The van der Waals surface area contributed by atoms with E-state index < -0.39 is 47.8 Å². The molecule has 0 fully saturated rings. The number of halogens is 12. The van der Waals surface area contributed by atoms with Gasteiger partial charge in [0.1, 0.15) is 0 Å². The second kappa shape index (κ2) is 6.02. The number of esters is 1. The van der Waals surface area contributed by atoms with Gasteiger partial charge >= 0.3 is 36.0 Å². The van der Waals surface area contributed by atoms with E-state index in [-0.39, 0.29) is 0 Å². The summed E-state index contributed by atoms with van der Waals surface area (Å²) in [6, 6.07) is 0. The summed E-state index contributed by atoms with van der Waals surface area (Å²) in [6.45, 7) is 3.17. The predicted molar refractivity (Wildman–Crippen MR) is 51.6 cm³/mol. The monoisotopic (exact) mass is 386 g/mol. The summed E-state index contributed by atoms with van der Waals surface area (Å²) in [5.41, 5.74) is -1.06. The SMILES string of the molecule is C=C(C)C(=O)OC(F)(F)C(F)(F)C(F)(F)C(F)(F)C(F)C(F)(F)F. The Hall–Kier alpha value is -1.63. The van der Waals surface area contributed by atoms with Crippen LogP contribution < -0.4 is 0 Å². The highest BCUT2D eigenvalue weighted by Gasteiger charge is 2.86. The number of carbonyl (C=O) groups excluding carboxylic acids is 1. The van der Waals surface area contributed by atoms with Gasteiger partial charge in [-0.1, -0.05) is 6.58 Å². The smallest absolute Gasteiger partial charge is 0.393 e. The van der Waals surface area contributed by atoms with Crippen molar-refractivity contribution >= 4 is 5.97 Å². The van der Waals surface area contributed by atoms with Gasteiger partial charge in [-0.05, 0) is 6.92 Å². The zero-order chi connectivity index (χ0) is 19.9. The molecule has 24 heavy (non-hydrogen) atoms. The van der Waals surface area contributed by atoms with Crippen LogP contribution in [0.1, 0.15) is 6.92 Å². The molecule has 1 unspecified atom stereocenters. The van der Waals surface area contributed by atoms with E-state index in [4.69, 9.17) is 0 Å². The lowest BCUT2D eigenvalue weighted by Gasteiger charge is -2.37. The summed E-state index contributed by atoms with van der Waals surface area (Å²) >= 11 is 0. The van der Waals surface area contributed by atoms with Crippen molar-refractivity contribution in [3.05, 3.63) is 12.2 Å². The van der Waals surface area contributed by atoms with Gasteiger partial charge in [0.05, 0.1) is 0 Å². The van der Waals surface area contributed by atoms with Crippen molar-refractivity contribution in [1.82, 2.24) is 0 Å². The van der Waals surface area contributed by atoms with E-state index >= 15 is 0 Å². The molecule has 0 aromatic rings. The lowest BCUT2D eigenvalue weighted by atomic mass is 9.99. The van der Waals surface area contributed by atoms with Crippen LogP contribution in [-0.2, 0) is 9.53 Å². The van der Waals surface area contributed by atoms with E-state index in [2.05, 4.69) is 11.3 Å². The highest BCUT2D eigenvalue weighted by molar-refractivity contribution is 5.87. The zero-order valence-electron chi connectivity index (χ0n) is 11.1. The van der Waals surface area contributed by atoms with Gasteiger partial charge in [0.25, 0.3) is 6.17 Å². The Labute approximate surface area is 125 Å². The molecule has 0 aromatic carbocycles. The molecule has 0 aromatic heterocycles. The molecule has 0 spiro atoms. The maximum absolute atomic E-state index is 13.0.